The zero-order chi connectivity index (χ0) is 18.0. The van der Waals surface area contributed by atoms with E-state index in [1.165, 1.54) is 19.1 Å². The molecule has 6 nitrogen and oxygen atoms in total. The number of carbonyl (C=O) groups excluding carboxylic acids is 1. The van der Waals surface area contributed by atoms with Gasteiger partial charge in [-0.2, -0.15) is 13.9 Å². The fourth-order valence-electron chi connectivity index (χ4n) is 2.39. The molecule has 1 amide bonds. The standard InChI is InChI=1S/C16H17F2N3O3/c1-8-4-5-11(15(23)24)6-13(8)19-14(22)7-12-9(2)20-21(10(12)3)16(17)18/h4-6,16H,7H2,1-3H3,(H,19,22)(H,23,24). The molecule has 0 atom stereocenters. The van der Waals surface area contributed by atoms with Crippen LogP contribution in [0.2, 0.25) is 0 Å². The zero-order valence-electron chi connectivity index (χ0n) is 13.4. The van der Waals surface area contributed by atoms with Gasteiger partial charge in [-0.05, 0) is 38.5 Å². The maximum Gasteiger partial charge on any atom is 0.335 e. The highest BCUT2D eigenvalue weighted by Gasteiger charge is 2.19. The van der Waals surface area contributed by atoms with E-state index in [9.17, 15) is 18.4 Å². The molecular weight excluding hydrogens is 320 g/mol. The van der Waals surface area contributed by atoms with Crippen molar-refractivity contribution in [3.05, 3.63) is 46.3 Å². The van der Waals surface area contributed by atoms with E-state index in [1.54, 1.807) is 19.9 Å². The van der Waals surface area contributed by atoms with Crippen LogP contribution in [-0.4, -0.2) is 26.8 Å². The zero-order valence-corrected chi connectivity index (χ0v) is 13.4. The van der Waals surface area contributed by atoms with Gasteiger partial charge in [0.2, 0.25) is 5.91 Å². The predicted molar refractivity (Wildman–Crippen MR) is 83.4 cm³/mol. The number of carboxylic acid groups (broad SMARTS) is 1. The first kappa shape index (κ1) is 17.6. The van der Waals surface area contributed by atoms with Gasteiger partial charge < -0.3 is 10.4 Å². The Morgan fingerprint density at radius 2 is 1.96 bits per heavy atom. The van der Waals surface area contributed by atoms with Crippen LogP contribution in [-0.2, 0) is 11.2 Å². The summed E-state index contributed by atoms with van der Waals surface area (Å²) in [6.45, 7) is 2.00. The van der Waals surface area contributed by atoms with E-state index in [4.69, 9.17) is 5.11 Å². The van der Waals surface area contributed by atoms with Gasteiger partial charge in [0.15, 0.2) is 0 Å². The number of hydrogen-bond acceptors (Lipinski definition) is 3. The van der Waals surface area contributed by atoms with Crippen molar-refractivity contribution in [2.24, 2.45) is 0 Å². The van der Waals surface area contributed by atoms with E-state index in [2.05, 4.69) is 10.4 Å². The molecule has 8 heteroatoms. The lowest BCUT2D eigenvalue weighted by Gasteiger charge is -2.10. The van der Waals surface area contributed by atoms with Crippen LogP contribution in [0.5, 0.6) is 0 Å². The van der Waals surface area contributed by atoms with Gasteiger partial charge in [-0.1, -0.05) is 6.07 Å². The van der Waals surface area contributed by atoms with Gasteiger partial charge in [0.1, 0.15) is 0 Å². The summed E-state index contributed by atoms with van der Waals surface area (Å²) >= 11 is 0. The second kappa shape index (κ2) is 6.77. The molecule has 2 N–H and O–H groups in total. The number of nitrogens with one attached hydrogen (secondary N) is 1. The van der Waals surface area contributed by atoms with E-state index in [1.807, 2.05) is 0 Å². The van der Waals surface area contributed by atoms with Crippen LogP contribution >= 0.6 is 0 Å². The van der Waals surface area contributed by atoms with E-state index in [0.29, 0.717) is 27.2 Å². The number of carbonyl (C=O) groups is 2. The van der Waals surface area contributed by atoms with Gasteiger partial charge in [0, 0.05) is 16.9 Å². The van der Waals surface area contributed by atoms with Crippen molar-refractivity contribution in [3.8, 4) is 0 Å². The Labute approximate surface area is 137 Å². The molecule has 24 heavy (non-hydrogen) atoms. The van der Waals surface area contributed by atoms with Crippen molar-refractivity contribution < 1.29 is 23.5 Å². The number of aromatic nitrogens is 2. The quantitative estimate of drug-likeness (QED) is 0.878. The first-order valence-electron chi connectivity index (χ1n) is 7.17. The molecule has 2 aromatic rings. The minimum absolute atomic E-state index is 0.0498. The number of amides is 1. The number of halogens is 2. The molecule has 0 aliphatic rings. The highest BCUT2D eigenvalue weighted by atomic mass is 19.3. The molecule has 0 saturated heterocycles. The largest absolute Gasteiger partial charge is 0.478 e. The third-order valence-corrected chi connectivity index (χ3v) is 3.76. The lowest BCUT2D eigenvalue weighted by Crippen LogP contribution is -2.16. The van der Waals surface area contributed by atoms with Crippen LogP contribution < -0.4 is 5.32 Å². The number of benzene rings is 1. The number of carboxylic acids is 1. The van der Waals surface area contributed by atoms with Crippen LogP contribution in [0.1, 0.15) is 39.4 Å². The van der Waals surface area contributed by atoms with E-state index >= 15 is 0 Å². The molecule has 1 heterocycles. The Morgan fingerprint density at radius 3 is 2.50 bits per heavy atom. The normalized spacial score (nSPS) is 10.9. The minimum Gasteiger partial charge on any atom is -0.478 e. The molecule has 0 aliphatic carbocycles. The molecule has 0 spiro atoms. The second-order valence-electron chi connectivity index (χ2n) is 5.43. The SMILES string of the molecule is Cc1ccc(C(=O)O)cc1NC(=O)Cc1c(C)nn(C(F)F)c1C. The van der Waals surface area contributed by atoms with Crippen molar-refractivity contribution in [3.63, 3.8) is 0 Å². The lowest BCUT2D eigenvalue weighted by molar-refractivity contribution is -0.115. The fourth-order valence-corrected chi connectivity index (χ4v) is 2.39. The molecular formula is C16H17F2N3O3. The molecule has 0 radical (unpaired) electrons. The lowest BCUT2D eigenvalue weighted by atomic mass is 10.1. The van der Waals surface area contributed by atoms with Crippen molar-refractivity contribution in [1.29, 1.82) is 0 Å². The number of aryl methyl sites for hydroxylation is 2. The summed E-state index contributed by atoms with van der Waals surface area (Å²) in [6, 6.07) is 4.39. The van der Waals surface area contributed by atoms with Crippen molar-refractivity contribution in [2.45, 2.75) is 33.7 Å². The Bertz CT molecular complexity index is 800. The van der Waals surface area contributed by atoms with Gasteiger partial charge in [0.05, 0.1) is 17.7 Å². The maximum absolute atomic E-state index is 12.8. The van der Waals surface area contributed by atoms with Gasteiger partial charge in [-0.25, -0.2) is 9.48 Å². The number of rotatable bonds is 5. The Morgan fingerprint density at radius 1 is 1.29 bits per heavy atom. The minimum atomic E-state index is -2.77. The van der Waals surface area contributed by atoms with E-state index in [-0.39, 0.29) is 17.7 Å². The monoisotopic (exact) mass is 337 g/mol. The first-order chi connectivity index (χ1) is 11.2. The van der Waals surface area contributed by atoms with Gasteiger partial charge >= 0.3 is 12.5 Å². The average Bonchev–Trinajstić information content (AvgIpc) is 2.77. The average molecular weight is 337 g/mol. The number of hydrogen-bond donors (Lipinski definition) is 2. The molecule has 0 saturated carbocycles. The van der Waals surface area contributed by atoms with Crippen molar-refractivity contribution in [2.75, 3.05) is 5.32 Å². The molecule has 0 fully saturated rings. The number of alkyl halides is 2. The van der Waals surface area contributed by atoms with Gasteiger partial charge in [0.25, 0.3) is 0 Å². The molecule has 0 aliphatic heterocycles. The molecule has 1 aromatic carbocycles. The molecule has 1 aromatic heterocycles. The smallest absolute Gasteiger partial charge is 0.335 e. The summed E-state index contributed by atoms with van der Waals surface area (Å²) in [4.78, 5) is 23.2. The Hall–Kier alpha value is -2.77. The summed E-state index contributed by atoms with van der Waals surface area (Å²) in [5.74, 6) is -1.53. The summed E-state index contributed by atoms with van der Waals surface area (Å²) in [5, 5.41) is 15.4. The fraction of sp³-hybridized carbons (Fsp3) is 0.312. The Balaban J connectivity index is 2.20. The van der Waals surface area contributed by atoms with E-state index in [0.717, 1.165) is 0 Å². The highest BCUT2D eigenvalue weighted by Crippen LogP contribution is 2.21. The third-order valence-electron chi connectivity index (χ3n) is 3.76. The maximum atomic E-state index is 12.8. The van der Waals surface area contributed by atoms with Crippen molar-refractivity contribution in [1.82, 2.24) is 9.78 Å². The van der Waals surface area contributed by atoms with Gasteiger partial charge in [-0.3, -0.25) is 4.79 Å². The number of nitrogens with zero attached hydrogens (tertiary/aromatic N) is 2. The summed E-state index contributed by atoms with van der Waals surface area (Å²) in [5.41, 5.74) is 2.14. The predicted octanol–water partition coefficient (Wildman–Crippen LogP) is 3.08. The molecule has 0 unspecified atom stereocenters. The van der Waals surface area contributed by atoms with Crippen LogP contribution in [0.4, 0.5) is 14.5 Å². The molecule has 2 rings (SSSR count). The molecule has 128 valence electrons. The highest BCUT2D eigenvalue weighted by molar-refractivity contribution is 5.95. The van der Waals surface area contributed by atoms with Crippen molar-refractivity contribution >= 4 is 17.6 Å². The molecule has 0 bridgehead atoms. The van der Waals surface area contributed by atoms with Crippen LogP contribution in [0.3, 0.4) is 0 Å². The Kier molecular flexibility index (Phi) is 4.96. The summed E-state index contributed by atoms with van der Waals surface area (Å²) in [6.07, 6.45) is -0.124. The second-order valence-corrected chi connectivity index (χ2v) is 5.43. The third kappa shape index (κ3) is 3.58. The van der Waals surface area contributed by atoms with Gasteiger partial charge in [-0.15, -0.1) is 0 Å². The first-order valence-corrected chi connectivity index (χ1v) is 7.17. The topological polar surface area (TPSA) is 84.2 Å². The van der Waals surface area contributed by atoms with Crippen LogP contribution in [0, 0.1) is 20.8 Å². The van der Waals surface area contributed by atoms with E-state index < -0.39 is 18.4 Å². The number of anilines is 1. The summed E-state index contributed by atoms with van der Waals surface area (Å²) < 4.78 is 26.2. The summed E-state index contributed by atoms with van der Waals surface area (Å²) in [7, 11) is 0. The van der Waals surface area contributed by atoms with Crippen LogP contribution in [0.25, 0.3) is 0 Å². The van der Waals surface area contributed by atoms with Crippen LogP contribution in [0.15, 0.2) is 18.2 Å². The number of aromatic carboxylic acids is 1.